The van der Waals surface area contributed by atoms with E-state index in [4.69, 9.17) is 14.2 Å². The van der Waals surface area contributed by atoms with Gasteiger partial charge in [0, 0.05) is 4.88 Å². The lowest BCUT2D eigenvalue weighted by Gasteiger charge is -2.16. The Hall–Kier alpha value is -2.54. The van der Waals surface area contributed by atoms with Gasteiger partial charge in [-0.25, -0.2) is 4.79 Å². The molecule has 6 nitrogen and oxygen atoms in total. The minimum atomic E-state index is -0.758. The standard InChI is InChI=1S/C20H23NO5S/c1-12(26-15-10-6-5-9-14(15)24-2)18(22)21-19-17(20(23)25-3)13-8-4-7-11-16(13)27-19/h5-6,9-10,12H,4,7-8,11H2,1-3H3,(H,21,22)/t12-/m0/s1. The summed E-state index contributed by atoms with van der Waals surface area (Å²) in [7, 11) is 2.90. The minimum absolute atomic E-state index is 0.329. The maximum absolute atomic E-state index is 12.7. The zero-order chi connectivity index (χ0) is 19.4. The first kappa shape index (κ1) is 19.2. The van der Waals surface area contributed by atoms with E-state index in [2.05, 4.69) is 5.32 Å². The van der Waals surface area contributed by atoms with Gasteiger partial charge in [0.25, 0.3) is 5.91 Å². The summed E-state index contributed by atoms with van der Waals surface area (Å²) >= 11 is 1.45. The van der Waals surface area contributed by atoms with Gasteiger partial charge >= 0.3 is 5.97 Å². The molecule has 0 spiro atoms. The highest BCUT2D eigenvalue weighted by Gasteiger charge is 2.28. The molecule has 1 aromatic heterocycles. The lowest BCUT2D eigenvalue weighted by atomic mass is 9.95. The number of nitrogens with one attached hydrogen (secondary N) is 1. The van der Waals surface area contributed by atoms with Crippen LogP contribution in [0.15, 0.2) is 24.3 Å². The second-order valence-electron chi connectivity index (χ2n) is 6.31. The zero-order valence-corrected chi connectivity index (χ0v) is 16.5. The number of hydrogen-bond donors (Lipinski definition) is 1. The minimum Gasteiger partial charge on any atom is -0.493 e. The zero-order valence-electron chi connectivity index (χ0n) is 15.7. The highest BCUT2D eigenvalue weighted by atomic mass is 32.1. The molecule has 7 heteroatoms. The van der Waals surface area contributed by atoms with Crippen molar-refractivity contribution in [2.75, 3.05) is 19.5 Å². The number of fused-ring (bicyclic) bond motifs is 1. The van der Waals surface area contributed by atoms with Crippen LogP contribution in [0.4, 0.5) is 5.00 Å². The van der Waals surface area contributed by atoms with Gasteiger partial charge < -0.3 is 19.5 Å². The van der Waals surface area contributed by atoms with Gasteiger partial charge in [-0.2, -0.15) is 0 Å². The van der Waals surface area contributed by atoms with Gasteiger partial charge in [-0.1, -0.05) is 12.1 Å². The Kier molecular flexibility index (Phi) is 6.01. The first-order chi connectivity index (χ1) is 13.0. The second kappa shape index (κ2) is 8.43. The molecule has 0 saturated heterocycles. The third-order valence-corrected chi connectivity index (χ3v) is 5.75. The van der Waals surface area contributed by atoms with Crippen LogP contribution in [0.2, 0.25) is 0 Å². The Labute approximate surface area is 162 Å². The molecule has 3 rings (SSSR count). The van der Waals surface area contributed by atoms with Crippen LogP contribution in [0.1, 0.15) is 40.6 Å². The number of methoxy groups -OCH3 is 2. The molecule has 1 amide bonds. The molecular formula is C20H23NO5S. The molecule has 1 heterocycles. The van der Waals surface area contributed by atoms with Crippen LogP contribution in [0.3, 0.4) is 0 Å². The van der Waals surface area contributed by atoms with Crippen molar-refractivity contribution in [3.8, 4) is 11.5 Å². The van der Waals surface area contributed by atoms with E-state index in [1.165, 1.54) is 18.4 Å². The number of carbonyl (C=O) groups excluding carboxylic acids is 2. The fourth-order valence-electron chi connectivity index (χ4n) is 3.15. The van der Waals surface area contributed by atoms with Gasteiger partial charge in [0.1, 0.15) is 5.00 Å². The van der Waals surface area contributed by atoms with Crippen LogP contribution in [-0.2, 0) is 22.4 Å². The van der Waals surface area contributed by atoms with E-state index in [0.29, 0.717) is 22.1 Å². The normalized spacial score (nSPS) is 14.0. The van der Waals surface area contributed by atoms with Crippen molar-refractivity contribution in [1.82, 2.24) is 0 Å². The van der Waals surface area contributed by atoms with Gasteiger partial charge in [0.05, 0.1) is 19.8 Å². The largest absolute Gasteiger partial charge is 0.493 e. The van der Waals surface area contributed by atoms with Crippen LogP contribution >= 0.6 is 11.3 Å². The topological polar surface area (TPSA) is 73.9 Å². The van der Waals surface area contributed by atoms with Gasteiger partial charge in [-0.05, 0) is 50.3 Å². The second-order valence-corrected chi connectivity index (χ2v) is 7.41. The molecule has 0 bridgehead atoms. The lowest BCUT2D eigenvalue weighted by molar-refractivity contribution is -0.122. The molecule has 1 aromatic carbocycles. The van der Waals surface area contributed by atoms with Crippen molar-refractivity contribution < 1.29 is 23.8 Å². The highest BCUT2D eigenvalue weighted by Crippen LogP contribution is 2.38. The van der Waals surface area contributed by atoms with Crippen LogP contribution in [0.5, 0.6) is 11.5 Å². The Morgan fingerprint density at radius 3 is 2.52 bits per heavy atom. The Morgan fingerprint density at radius 2 is 1.81 bits per heavy atom. The van der Waals surface area contributed by atoms with Crippen molar-refractivity contribution in [1.29, 1.82) is 0 Å². The van der Waals surface area contributed by atoms with E-state index >= 15 is 0 Å². The van der Waals surface area contributed by atoms with Crippen molar-refractivity contribution in [2.24, 2.45) is 0 Å². The summed E-state index contributed by atoms with van der Waals surface area (Å²) in [6.07, 6.45) is 3.13. The van der Waals surface area contributed by atoms with E-state index in [1.54, 1.807) is 26.2 Å². The van der Waals surface area contributed by atoms with Gasteiger partial charge in [0.15, 0.2) is 17.6 Å². The quantitative estimate of drug-likeness (QED) is 0.760. The van der Waals surface area contributed by atoms with E-state index in [-0.39, 0.29) is 5.91 Å². The molecule has 0 radical (unpaired) electrons. The number of thiophene rings is 1. The van der Waals surface area contributed by atoms with Crippen molar-refractivity contribution in [2.45, 2.75) is 38.7 Å². The summed E-state index contributed by atoms with van der Waals surface area (Å²) in [6, 6.07) is 7.15. The number of benzene rings is 1. The monoisotopic (exact) mass is 389 g/mol. The van der Waals surface area contributed by atoms with Gasteiger partial charge in [-0.15, -0.1) is 11.3 Å². The summed E-state index contributed by atoms with van der Waals surface area (Å²) in [6.45, 7) is 1.66. The summed E-state index contributed by atoms with van der Waals surface area (Å²) in [4.78, 5) is 26.1. The Bertz CT molecular complexity index is 845. The lowest BCUT2D eigenvalue weighted by Crippen LogP contribution is -2.30. The molecule has 1 aliphatic carbocycles. The molecule has 0 unspecified atom stereocenters. The molecular weight excluding hydrogens is 366 g/mol. The number of aryl methyl sites for hydroxylation is 1. The Morgan fingerprint density at radius 1 is 1.11 bits per heavy atom. The third-order valence-electron chi connectivity index (χ3n) is 4.54. The van der Waals surface area contributed by atoms with Crippen LogP contribution in [0, 0.1) is 0 Å². The first-order valence-corrected chi connectivity index (χ1v) is 9.70. The van der Waals surface area contributed by atoms with Gasteiger partial charge in [-0.3, -0.25) is 4.79 Å². The van der Waals surface area contributed by atoms with Crippen molar-refractivity contribution in [3.63, 3.8) is 0 Å². The highest BCUT2D eigenvalue weighted by molar-refractivity contribution is 7.17. The Balaban J connectivity index is 1.79. The SMILES string of the molecule is COC(=O)c1c(NC(=O)[C@H](C)Oc2ccccc2OC)sc2c1CCCC2. The van der Waals surface area contributed by atoms with Crippen molar-refractivity contribution in [3.05, 3.63) is 40.3 Å². The molecule has 144 valence electrons. The molecule has 1 N–H and O–H groups in total. The molecule has 2 aromatic rings. The number of para-hydroxylation sites is 2. The summed E-state index contributed by atoms with van der Waals surface area (Å²) < 4.78 is 15.9. The summed E-state index contributed by atoms with van der Waals surface area (Å²) in [5.41, 5.74) is 1.49. The predicted octanol–water partition coefficient (Wildman–Crippen LogP) is 3.83. The molecule has 0 aliphatic heterocycles. The van der Waals surface area contributed by atoms with Crippen LogP contribution in [0.25, 0.3) is 0 Å². The first-order valence-electron chi connectivity index (χ1n) is 8.88. The maximum Gasteiger partial charge on any atom is 0.341 e. The smallest absolute Gasteiger partial charge is 0.341 e. The molecule has 0 fully saturated rings. The van der Waals surface area contributed by atoms with E-state index < -0.39 is 12.1 Å². The molecule has 0 saturated carbocycles. The number of amides is 1. The number of rotatable bonds is 6. The van der Waals surface area contributed by atoms with Crippen molar-refractivity contribution >= 4 is 28.2 Å². The third kappa shape index (κ3) is 4.08. The number of ether oxygens (including phenoxy) is 3. The number of anilines is 1. The summed E-state index contributed by atoms with van der Waals surface area (Å²) in [5, 5.41) is 3.39. The van der Waals surface area contributed by atoms with E-state index in [1.807, 2.05) is 12.1 Å². The summed E-state index contributed by atoms with van der Waals surface area (Å²) in [5.74, 6) is 0.299. The predicted molar refractivity (Wildman–Crippen MR) is 104 cm³/mol. The number of esters is 1. The van der Waals surface area contributed by atoms with Gasteiger partial charge in [0.2, 0.25) is 0 Å². The van der Waals surface area contributed by atoms with E-state index in [0.717, 1.165) is 36.1 Å². The molecule has 27 heavy (non-hydrogen) atoms. The number of hydrogen-bond acceptors (Lipinski definition) is 6. The van der Waals surface area contributed by atoms with E-state index in [9.17, 15) is 9.59 Å². The maximum atomic E-state index is 12.7. The fourth-order valence-corrected chi connectivity index (χ4v) is 4.43. The molecule has 1 atom stereocenters. The van der Waals surface area contributed by atoms with Crippen LogP contribution in [-0.4, -0.2) is 32.2 Å². The number of carbonyl (C=O) groups is 2. The average Bonchev–Trinajstić information content (AvgIpc) is 3.05. The fraction of sp³-hybridized carbons (Fsp3) is 0.400. The van der Waals surface area contributed by atoms with Crippen LogP contribution < -0.4 is 14.8 Å². The molecule has 1 aliphatic rings. The average molecular weight is 389 g/mol.